The summed E-state index contributed by atoms with van der Waals surface area (Å²) < 4.78 is 52.8. The number of aryl methyl sites for hydroxylation is 1. The number of hydrogen-bond acceptors (Lipinski definition) is 5. The molecule has 0 bridgehead atoms. The van der Waals surface area contributed by atoms with Crippen molar-refractivity contribution in [1.82, 2.24) is 0 Å². The van der Waals surface area contributed by atoms with Crippen molar-refractivity contribution in [3.63, 3.8) is 0 Å². The maximum atomic E-state index is 13.9. The van der Waals surface area contributed by atoms with E-state index in [1.165, 1.54) is 36.4 Å². The minimum atomic E-state index is -4.23. The van der Waals surface area contributed by atoms with Crippen molar-refractivity contribution in [2.24, 2.45) is 0 Å². The molecular weight excluding hydrogens is 447 g/mol. The van der Waals surface area contributed by atoms with E-state index >= 15 is 0 Å². The highest BCUT2D eigenvalue weighted by Crippen LogP contribution is 2.34. The molecule has 0 unspecified atom stereocenters. The molecule has 0 radical (unpaired) electrons. The summed E-state index contributed by atoms with van der Waals surface area (Å²) in [6.45, 7) is 2.14. The van der Waals surface area contributed by atoms with Gasteiger partial charge in [-0.15, -0.1) is 0 Å². The van der Waals surface area contributed by atoms with Crippen molar-refractivity contribution < 1.29 is 27.1 Å². The van der Waals surface area contributed by atoms with E-state index in [1.807, 2.05) is 19.1 Å². The first kappa shape index (κ1) is 22.6. The Morgan fingerprint density at radius 2 is 1.73 bits per heavy atom. The number of carbonyl (C=O) groups is 1. The number of sulfonamides is 1. The summed E-state index contributed by atoms with van der Waals surface area (Å²) in [6.07, 6.45) is 0.856. The molecule has 0 atom stereocenters. The second-order valence-electron chi connectivity index (χ2n) is 7.40. The zero-order valence-electron chi connectivity index (χ0n) is 18.0. The summed E-state index contributed by atoms with van der Waals surface area (Å²) in [5.41, 5.74) is 1.67. The third kappa shape index (κ3) is 5.09. The van der Waals surface area contributed by atoms with Gasteiger partial charge in [-0.3, -0.25) is 9.10 Å². The number of fused-ring (bicyclic) bond motifs is 1. The number of nitrogens with zero attached hydrogens (tertiary/aromatic N) is 1. The molecule has 1 heterocycles. The zero-order valence-corrected chi connectivity index (χ0v) is 18.8. The molecule has 1 aliphatic heterocycles. The molecule has 1 amide bonds. The lowest BCUT2D eigenvalue weighted by Crippen LogP contribution is -2.38. The fraction of sp³-hybridized carbons (Fsp3) is 0.208. The van der Waals surface area contributed by atoms with Gasteiger partial charge in [0.05, 0.1) is 10.6 Å². The lowest BCUT2D eigenvalue weighted by Gasteiger charge is -2.25. The van der Waals surface area contributed by atoms with Crippen molar-refractivity contribution >= 4 is 27.3 Å². The fourth-order valence-corrected chi connectivity index (χ4v) is 4.84. The molecule has 1 aliphatic rings. The second kappa shape index (κ2) is 9.50. The van der Waals surface area contributed by atoms with Crippen LogP contribution < -0.4 is 19.1 Å². The van der Waals surface area contributed by atoms with Crippen LogP contribution in [0.4, 0.5) is 15.8 Å². The van der Waals surface area contributed by atoms with Gasteiger partial charge in [-0.2, -0.15) is 0 Å². The minimum Gasteiger partial charge on any atom is -0.486 e. The summed E-state index contributed by atoms with van der Waals surface area (Å²) in [4.78, 5) is 12.7. The molecule has 9 heteroatoms. The molecule has 1 N–H and O–H groups in total. The first-order valence-corrected chi connectivity index (χ1v) is 11.9. The standard InChI is InChI=1S/C24H23FN2O5S/c1-2-17-6-8-19(9-7-17)26-24(28)16-27(20-5-3-4-18(25)14-20)33(29,30)21-10-11-22-23(15-21)32-13-12-31-22/h3-11,14-15H,2,12-13,16H2,1H3,(H,26,28). The number of rotatable bonds is 7. The topological polar surface area (TPSA) is 84.9 Å². The van der Waals surface area contributed by atoms with Crippen molar-refractivity contribution in [3.05, 3.63) is 78.1 Å². The highest BCUT2D eigenvalue weighted by atomic mass is 32.2. The van der Waals surface area contributed by atoms with Gasteiger partial charge in [0.15, 0.2) is 11.5 Å². The van der Waals surface area contributed by atoms with E-state index < -0.39 is 28.3 Å². The summed E-state index contributed by atoms with van der Waals surface area (Å²) in [5, 5.41) is 2.70. The number of halogens is 1. The molecule has 3 aromatic rings. The molecule has 0 saturated carbocycles. The van der Waals surface area contributed by atoms with Crippen LogP contribution in [0.5, 0.6) is 11.5 Å². The summed E-state index contributed by atoms with van der Waals surface area (Å²) in [6, 6.07) is 16.6. The van der Waals surface area contributed by atoms with Crippen LogP contribution in [0.3, 0.4) is 0 Å². The molecule has 0 spiro atoms. The van der Waals surface area contributed by atoms with Gasteiger partial charge in [-0.1, -0.05) is 25.1 Å². The van der Waals surface area contributed by atoms with Crippen molar-refractivity contribution in [2.75, 3.05) is 29.4 Å². The Balaban J connectivity index is 1.65. The molecule has 4 rings (SSSR count). The monoisotopic (exact) mass is 470 g/mol. The Bertz CT molecular complexity index is 1260. The first-order chi connectivity index (χ1) is 15.9. The molecule has 7 nitrogen and oxygen atoms in total. The normalized spacial score (nSPS) is 12.8. The molecule has 0 aliphatic carbocycles. The minimum absolute atomic E-state index is 0.0290. The van der Waals surface area contributed by atoms with Gasteiger partial charge < -0.3 is 14.8 Å². The van der Waals surface area contributed by atoms with E-state index in [0.29, 0.717) is 30.4 Å². The van der Waals surface area contributed by atoms with Crippen LogP contribution >= 0.6 is 0 Å². The number of anilines is 2. The highest BCUT2D eigenvalue weighted by Gasteiger charge is 2.29. The largest absolute Gasteiger partial charge is 0.486 e. The van der Waals surface area contributed by atoms with Gasteiger partial charge in [-0.05, 0) is 54.4 Å². The van der Waals surface area contributed by atoms with Crippen LogP contribution in [0.1, 0.15) is 12.5 Å². The average Bonchev–Trinajstić information content (AvgIpc) is 2.82. The summed E-state index contributed by atoms with van der Waals surface area (Å²) in [5.74, 6) is -0.456. The third-order valence-electron chi connectivity index (χ3n) is 5.13. The average molecular weight is 471 g/mol. The molecule has 3 aromatic carbocycles. The van der Waals surface area contributed by atoms with Gasteiger partial charge in [0.2, 0.25) is 5.91 Å². The van der Waals surface area contributed by atoms with Gasteiger partial charge in [0.1, 0.15) is 25.6 Å². The lowest BCUT2D eigenvalue weighted by atomic mass is 10.1. The first-order valence-electron chi connectivity index (χ1n) is 10.4. The van der Waals surface area contributed by atoms with Gasteiger partial charge in [-0.25, -0.2) is 12.8 Å². The SMILES string of the molecule is CCc1ccc(NC(=O)CN(c2cccc(F)c2)S(=O)(=O)c2ccc3c(c2)OCCO3)cc1. The van der Waals surface area contributed by atoms with Crippen LogP contribution in [-0.4, -0.2) is 34.1 Å². The number of hydrogen-bond donors (Lipinski definition) is 1. The van der Waals surface area contributed by atoms with Crippen LogP contribution in [0.2, 0.25) is 0 Å². The van der Waals surface area contributed by atoms with Gasteiger partial charge in [0.25, 0.3) is 10.0 Å². The summed E-state index contributed by atoms with van der Waals surface area (Å²) >= 11 is 0. The smallest absolute Gasteiger partial charge is 0.264 e. The predicted octanol–water partition coefficient (Wildman–Crippen LogP) is 3.99. The number of amides is 1. The Morgan fingerprint density at radius 3 is 2.42 bits per heavy atom. The molecule has 172 valence electrons. The Hall–Kier alpha value is -3.59. The Morgan fingerprint density at radius 1 is 1.00 bits per heavy atom. The molecule has 0 saturated heterocycles. The fourth-order valence-electron chi connectivity index (χ4n) is 3.41. The van der Waals surface area contributed by atoms with E-state index in [2.05, 4.69) is 5.32 Å². The van der Waals surface area contributed by atoms with E-state index in [-0.39, 0.29) is 10.6 Å². The molecule has 0 fully saturated rings. The zero-order chi connectivity index (χ0) is 23.4. The van der Waals surface area contributed by atoms with Crippen molar-refractivity contribution in [2.45, 2.75) is 18.2 Å². The number of carbonyl (C=O) groups excluding carboxylic acids is 1. The summed E-state index contributed by atoms with van der Waals surface area (Å²) in [7, 11) is -4.23. The van der Waals surface area contributed by atoms with E-state index in [1.54, 1.807) is 12.1 Å². The second-order valence-corrected chi connectivity index (χ2v) is 9.26. The Labute approximate surface area is 191 Å². The number of nitrogens with one attached hydrogen (secondary N) is 1. The van der Waals surface area contributed by atoms with Gasteiger partial charge >= 0.3 is 0 Å². The van der Waals surface area contributed by atoms with Gasteiger partial charge in [0, 0.05) is 11.8 Å². The predicted molar refractivity (Wildman–Crippen MR) is 123 cm³/mol. The van der Waals surface area contributed by atoms with Crippen molar-refractivity contribution in [3.8, 4) is 11.5 Å². The van der Waals surface area contributed by atoms with Crippen LogP contribution in [-0.2, 0) is 21.2 Å². The maximum Gasteiger partial charge on any atom is 0.264 e. The molecule has 0 aromatic heterocycles. The molecular formula is C24H23FN2O5S. The van der Waals surface area contributed by atoms with Crippen molar-refractivity contribution in [1.29, 1.82) is 0 Å². The number of benzene rings is 3. The molecule has 33 heavy (non-hydrogen) atoms. The van der Waals surface area contributed by atoms with Crippen LogP contribution in [0, 0.1) is 5.82 Å². The van der Waals surface area contributed by atoms with E-state index in [0.717, 1.165) is 22.4 Å². The van der Waals surface area contributed by atoms with Crippen LogP contribution in [0.25, 0.3) is 0 Å². The highest BCUT2D eigenvalue weighted by molar-refractivity contribution is 7.92. The lowest BCUT2D eigenvalue weighted by molar-refractivity contribution is -0.114. The van der Waals surface area contributed by atoms with E-state index in [4.69, 9.17) is 9.47 Å². The Kier molecular flexibility index (Phi) is 6.50. The quantitative estimate of drug-likeness (QED) is 0.564. The third-order valence-corrected chi connectivity index (χ3v) is 6.90. The van der Waals surface area contributed by atoms with Crippen LogP contribution in [0.15, 0.2) is 71.6 Å². The maximum absolute atomic E-state index is 13.9. The number of ether oxygens (including phenoxy) is 2. The van der Waals surface area contributed by atoms with E-state index in [9.17, 15) is 17.6 Å².